The minimum atomic E-state index is -3.89. The largest absolute Gasteiger partial charge is 0.452 e. The second-order valence-electron chi connectivity index (χ2n) is 7.00. The van der Waals surface area contributed by atoms with Crippen LogP contribution < -0.4 is 10.0 Å². The number of carbonyl (C=O) groups excluding carboxylic acids is 2. The van der Waals surface area contributed by atoms with Gasteiger partial charge in [-0.25, -0.2) is 17.6 Å². The van der Waals surface area contributed by atoms with E-state index in [1.807, 2.05) is 20.8 Å². The van der Waals surface area contributed by atoms with Crippen LogP contribution in [-0.2, 0) is 19.6 Å². The lowest BCUT2D eigenvalue weighted by Gasteiger charge is -2.24. The molecule has 2 aromatic carbocycles. The first-order valence-electron chi connectivity index (χ1n) is 8.89. The van der Waals surface area contributed by atoms with Gasteiger partial charge in [-0.3, -0.25) is 9.52 Å². The average molecular weight is 422 g/mol. The summed E-state index contributed by atoms with van der Waals surface area (Å²) in [6.45, 7) is 5.23. The van der Waals surface area contributed by atoms with Gasteiger partial charge in [-0.05, 0) is 68.8 Å². The molecule has 0 aliphatic rings. The van der Waals surface area contributed by atoms with Gasteiger partial charge in [0.25, 0.3) is 15.9 Å². The number of halogens is 1. The molecule has 29 heavy (non-hydrogen) atoms. The molecule has 2 rings (SSSR count). The Kier molecular flexibility index (Phi) is 6.97. The van der Waals surface area contributed by atoms with Gasteiger partial charge in [0.15, 0.2) is 6.61 Å². The van der Waals surface area contributed by atoms with E-state index in [-0.39, 0.29) is 16.1 Å². The lowest BCUT2D eigenvalue weighted by molar-refractivity contribution is -0.125. The van der Waals surface area contributed by atoms with Crippen molar-refractivity contribution in [3.05, 3.63) is 59.9 Å². The van der Waals surface area contributed by atoms with Crippen LogP contribution in [0.3, 0.4) is 0 Å². The smallest absolute Gasteiger partial charge is 0.338 e. The molecule has 0 bridgehead atoms. The van der Waals surface area contributed by atoms with Crippen LogP contribution in [0.2, 0.25) is 0 Å². The molecule has 0 atom stereocenters. The zero-order valence-electron chi connectivity index (χ0n) is 16.4. The molecule has 0 unspecified atom stereocenters. The van der Waals surface area contributed by atoms with Gasteiger partial charge in [-0.1, -0.05) is 6.92 Å². The Morgan fingerprint density at radius 1 is 1.03 bits per heavy atom. The van der Waals surface area contributed by atoms with Gasteiger partial charge >= 0.3 is 5.97 Å². The number of amides is 1. The van der Waals surface area contributed by atoms with Crippen molar-refractivity contribution in [3.63, 3.8) is 0 Å². The van der Waals surface area contributed by atoms with Crippen LogP contribution in [0.25, 0.3) is 0 Å². The summed E-state index contributed by atoms with van der Waals surface area (Å²) in [5.74, 6) is -1.66. The Morgan fingerprint density at radius 3 is 2.17 bits per heavy atom. The van der Waals surface area contributed by atoms with Gasteiger partial charge in [-0.15, -0.1) is 0 Å². The van der Waals surface area contributed by atoms with E-state index in [9.17, 15) is 22.4 Å². The van der Waals surface area contributed by atoms with E-state index in [1.54, 1.807) is 0 Å². The summed E-state index contributed by atoms with van der Waals surface area (Å²) in [5, 5.41) is 2.75. The van der Waals surface area contributed by atoms with Crippen molar-refractivity contribution in [1.29, 1.82) is 0 Å². The van der Waals surface area contributed by atoms with Crippen LogP contribution in [-0.4, -0.2) is 32.4 Å². The van der Waals surface area contributed by atoms with E-state index >= 15 is 0 Å². The number of hydrogen-bond donors (Lipinski definition) is 2. The SMILES string of the molecule is CCC(C)(C)NC(=O)COC(=O)c1ccc(NS(=O)(=O)c2ccc(F)cc2)cc1. The Bertz CT molecular complexity index is 971. The van der Waals surface area contributed by atoms with Crippen LogP contribution in [0.1, 0.15) is 37.6 Å². The van der Waals surface area contributed by atoms with E-state index in [0.717, 1.165) is 30.7 Å². The van der Waals surface area contributed by atoms with Crippen molar-refractivity contribution >= 4 is 27.6 Å². The molecule has 1 amide bonds. The number of anilines is 1. The maximum Gasteiger partial charge on any atom is 0.338 e. The molecule has 2 N–H and O–H groups in total. The fraction of sp³-hybridized carbons (Fsp3) is 0.300. The normalized spacial score (nSPS) is 11.6. The van der Waals surface area contributed by atoms with E-state index in [0.29, 0.717) is 0 Å². The minimum Gasteiger partial charge on any atom is -0.452 e. The second-order valence-corrected chi connectivity index (χ2v) is 8.68. The number of nitrogens with one attached hydrogen (secondary N) is 2. The van der Waals surface area contributed by atoms with Crippen LogP contribution in [0.4, 0.5) is 10.1 Å². The van der Waals surface area contributed by atoms with Crippen LogP contribution in [0.5, 0.6) is 0 Å². The Balaban J connectivity index is 1.96. The van der Waals surface area contributed by atoms with Crippen molar-refractivity contribution in [3.8, 4) is 0 Å². The molecule has 0 aromatic heterocycles. The maximum atomic E-state index is 12.9. The Morgan fingerprint density at radius 2 is 1.62 bits per heavy atom. The zero-order valence-corrected chi connectivity index (χ0v) is 17.2. The number of carbonyl (C=O) groups is 2. The predicted molar refractivity (Wildman–Crippen MR) is 106 cm³/mol. The van der Waals surface area contributed by atoms with Crippen molar-refractivity contribution in [2.45, 2.75) is 37.6 Å². The first kappa shape index (κ1) is 22.4. The number of benzene rings is 2. The Labute approximate surface area is 169 Å². The van der Waals surface area contributed by atoms with E-state index < -0.39 is 39.9 Å². The minimum absolute atomic E-state index is 0.0941. The fourth-order valence-electron chi connectivity index (χ4n) is 2.22. The summed E-state index contributed by atoms with van der Waals surface area (Å²) in [4.78, 5) is 23.8. The van der Waals surface area contributed by atoms with Crippen LogP contribution >= 0.6 is 0 Å². The summed E-state index contributed by atoms with van der Waals surface area (Å²) in [7, 11) is -3.89. The van der Waals surface area contributed by atoms with Crippen LogP contribution in [0.15, 0.2) is 53.4 Å². The molecule has 7 nitrogen and oxygen atoms in total. The zero-order chi connectivity index (χ0) is 21.7. The molecule has 0 saturated carbocycles. The molecular weight excluding hydrogens is 399 g/mol. The van der Waals surface area contributed by atoms with Gasteiger partial charge in [0.05, 0.1) is 10.5 Å². The number of ether oxygens (including phenoxy) is 1. The number of rotatable bonds is 8. The molecule has 0 saturated heterocycles. The molecule has 0 spiro atoms. The molecule has 2 aromatic rings. The highest BCUT2D eigenvalue weighted by atomic mass is 32.2. The van der Waals surface area contributed by atoms with E-state index in [2.05, 4.69) is 10.0 Å². The molecule has 0 heterocycles. The highest BCUT2D eigenvalue weighted by Crippen LogP contribution is 2.17. The van der Waals surface area contributed by atoms with Gasteiger partial charge in [0.1, 0.15) is 5.82 Å². The van der Waals surface area contributed by atoms with Gasteiger partial charge in [0.2, 0.25) is 0 Å². The van der Waals surface area contributed by atoms with Crippen LogP contribution in [0, 0.1) is 5.82 Å². The average Bonchev–Trinajstić information content (AvgIpc) is 2.66. The quantitative estimate of drug-likeness (QED) is 0.637. The third-order valence-electron chi connectivity index (χ3n) is 4.19. The van der Waals surface area contributed by atoms with Crippen molar-refractivity contribution in [2.24, 2.45) is 0 Å². The molecule has 0 aliphatic carbocycles. The number of sulfonamides is 1. The molecule has 156 valence electrons. The first-order valence-corrected chi connectivity index (χ1v) is 10.4. The lowest BCUT2D eigenvalue weighted by atomic mass is 10.0. The van der Waals surface area contributed by atoms with E-state index in [1.165, 1.54) is 24.3 Å². The fourth-order valence-corrected chi connectivity index (χ4v) is 3.28. The van der Waals surface area contributed by atoms with Gasteiger partial charge in [-0.2, -0.15) is 0 Å². The molecule has 0 radical (unpaired) electrons. The van der Waals surface area contributed by atoms with E-state index in [4.69, 9.17) is 4.74 Å². The molecule has 0 aliphatic heterocycles. The molecular formula is C20H23FN2O5S. The molecule has 9 heteroatoms. The van der Waals surface area contributed by atoms with Crippen molar-refractivity contribution in [1.82, 2.24) is 5.32 Å². The summed E-state index contributed by atoms with van der Waals surface area (Å²) in [6, 6.07) is 9.91. The van der Waals surface area contributed by atoms with Gasteiger partial charge < -0.3 is 10.1 Å². The third kappa shape index (κ3) is 6.56. The highest BCUT2D eigenvalue weighted by molar-refractivity contribution is 7.92. The monoisotopic (exact) mass is 422 g/mol. The molecule has 0 fully saturated rings. The maximum absolute atomic E-state index is 12.9. The first-order chi connectivity index (χ1) is 13.5. The van der Waals surface area contributed by atoms with Gasteiger partial charge in [0, 0.05) is 11.2 Å². The number of hydrogen-bond acceptors (Lipinski definition) is 5. The summed E-state index contributed by atoms with van der Waals surface area (Å²) < 4.78 is 44.8. The Hall–Kier alpha value is -2.94. The summed E-state index contributed by atoms with van der Waals surface area (Å²) >= 11 is 0. The van der Waals surface area contributed by atoms with Crippen molar-refractivity contribution < 1.29 is 27.1 Å². The second kappa shape index (κ2) is 9.04. The summed E-state index contributed by atoms with van der Waals surface area (Å²) in [5.41, 5.74) is -0.0158. The third-order valence-corrected chi connectivity index (χ3v) is 5.59. The topological polar surface area (TPSA) is 102 Å². The predicted octanol–water partition coefficient (Wildman–Crippen LogP) is 3.09. The summed E-state index contributed by atoms with van der Waals surface area (Å²) in [6.07, 6.45) is 0.724. The lowest BCUT2D eigenvalue weighted by Crippen LogP contribution is -2.44. The number of esters is 1. The van der Waals surface area contributed by atoms with Crippen molar-refractivity contribution in [2.75, 3.05) is 11.3 Å². The highest BCUT2D eigenvalue weighted by Gasteiger charge is 2.19. The standard InChI is InChI=1S/C20H23FN2O5S/c1-4-20(2,3)22-18(24)13-28-19(25)14-5-9-16(10-6-14)23-29(26,27)17-11-7-15(21)8-12-17/h5-12,23H,4,13H2,1-3H3,(H,22,24).